The van der Waals surface area contributed by atoms with Gasteiger partial charge >= 0.3 is 0 Å². The molecule has 0 radical (unpaired) electrons. The van der Waals surface area contributed by atoms with Gasteiger partial charge in [0.25, 0.3) is 0 Å². The maximum atomic E-state index is 13.6. The molecule has 0 unspecified atom stereocenters. The zero-order chi connectivity index (χ0) is 28.5. The van der Waals surface area contributed by atoms with Crippen LogP contribution in [0.5, 0.6) is 0 Å². The number of hydrogen-bond donors (Lipinski definition) is 4. The van der Waals surface area contributed by atoms with Gasteiger partial charge in [0.15, 0.2) is 0 Å². The van der Waals surface area contributed by atoms with E-state index in [1.807, 2.05) is 51.1 Å². The molecule has 2 fully saturated rings. The molecule has 0 bridgehead atoms. The third-order valence-corrected chi connectivity index (χ3v) is 7.41. The van der Waals surface area contributed by atoms with E-state index in [0.29, 0.717) is 12.8 Å². The molecule has 10 heteroatoms. The summed E-state index contributed by atoms with van der Waals surface area (Å²) in [4.78, 5) is 67.6. The highest BCUT2D eigenvalue weighted by Gasteiger charge is 2.34. The lowest BCUT2D eigenvalue weighted by Crippen LogP contribution is -2.57. The predicted molar refractivity (Wildman–Crippen MR) is 147 cm³/mol. The van der Waals surface area contributed by atoms with Crippen molar-refractivity contribution in [2.75, 3.05) is 13.1 Å². The van der Waals surface area contributed by atoms with Crippen LogP contribution >= 0.6 is 0 Å². The standard InChI is InChI=1S/C29H43N5O5/c1-5-22-16-34(29(39)21-12-9-13-21)17-25(35)30-19(4)26(36)32-23(14-18(2)3)28(38)33-24(27(37)31-22)15-20-10-7-6-8-11-20/h6-8,10-11,18-19,21-24H,5,9,12-17H2,1-4H3,(H,30,35)(H,31,37)(H,32,36)(H,33,38)/t19-,22+,23+,24+/m1/s1. The predicted octanol–water partition coefficient (Wildman–Crippen LogP) is 1.29. The molecule has 1 aliphatic heterocycles. The van der Waals surface area contributed by atoms with Crippen LogP contribution in [0.4, 0.5) is 0 Å². The monoisotopic (exact) mass is 541 g/mol. The number of nitrogens with one attached hydrogen (secondary N) is 4. The number of rotatable bonds is 6. The Balaban J connectivity index is 1.93. The summed E-state index contributed by atoms with van der Waals surface area (Å²) in [6.07, 6.45) is 3.68. The molecule has 4 atom stereocenters. The second-order valence-corrected chi connectivity index (χ2v) is 11.2. The topological polar surface area (TPSA) is 137 Å². The molecule has 4 N–H and O–H groups in total. The average molecular weight is 542 g/mol. The van der Waals surface area contributed by atoms with Gasteiger partial charge < -0.3 is 26.2 Å². The summed E-state index contributed by atoms with van der Waals surface area (Å²) in [6.45, 7) is 7.28. The van der Waals surface area contributed by atoms with Crippen molar-refractivity contribution < 1.29 is 24.0 Å². The fourth-order valence-corrected chi connectivity index (χ4v) is 4.85. The summed E-state index contributed by atoms with van der Waals surface area (Å²) < 4.78 is 0. The van der Waals surface area contributed by atoms with Gasteiger partial charge in [0.05, 0.1) is 6.54 Å². The molecule has 1 aliphatic carbocycles. The zero-order valence-corrected chi connectivity index (χ0v) is 23.5. The first-order valence-electron chi connectivity index (χ1n) is 14.1. The van der Waals surface area contributed by atoms with E-state index in [4.69, 9.17) is 0 Å². The van der Waals surface area contributed by atoms with Gasteiger partial charge in [0.1, 0.15) is 18.1 Å². The highest BCUT2D eigenvalue weighted by atomic mass is 16.2. The Bertz CT molecular complexity index is 1030. The smallest absolute Gasteiger partial charge is 0.243 e. The van der Waals surface area contributed by atoms with E-state index in [2.05, 4.69) is 21.3 Å². The molecule has 214 valence electrons. The Morgan fingerprint density at radius 1 is 0.923 bits per heavy atom. The quantitative estimate of drug-likeness (QED) is 0.430. The van der Waals surface area contributed by atoms with Crippen LogP contribution < -0.4 is 21.3 Å². The van der Waals surface area contributed by atoms with Crippen LogP contribution in [0.1, 0.15) is 65.4 Å². The number of carbonyl (C=O) groups excluding carboxylic acids is 5. The van der Waals surface area contributed by atoms with Crippen LogP contribution in [0.3, 0.4) is 0 Å². The average Bonchev–Trinajstić information content (AvgIpc) is 2.85. The lowest BCUT2D eigenvalue weighted by atomic mass is 9.84. The van der Waals surface area contributed by atoms with E-state index in [1.54, 1.807) is 6.92 Å². The lowest BCUT2D eigenvalue weighted by Gasteiger charge is -2.34. The molecule has 10 nitrogen and oxygen atoms in total. The molecule has 1 heterocycles. The molecule has 0 spiro atoms. The summed E-state index contributed by atoms with van der Waals surface area (Å²) in [7, 11) is 0. The second-order valence-electron chi connectivity index (χ2n) is 11.2. The van der Waals surface area contributed by atoms with Crippen LogP contribution in [0.2, 0.25) is 0 Å². The van der Waals surface area contributed by atoms with Crippen LogP contribution in [-0.4, -0.2) is 71.7 Å². The van der Waals surface area contributed by atoms with Gasteiger partial charge in [-0.2, -0.15) is 0 Å². The summed E-state index contributed by atoms with van der Waals surface area (Å²) in [6, 6.07) is 6.29. The van der Waals surface area contributed by atoms with Crippen molar-refractivity contribution in [2.45, 2.75) is 90.4 Å². The molecule has 1 aromatic carbocycles. The molecule has 39 heavy (non-hydrogen) atoms. The molecular formula is C29H43N5O5. The summed E-state index contributed by atoms with van der Waals surface area (Å²) in [5.74, 6) is -1.97. The third kappa shape index (κ3) is 8.80. The Morgan fingerprint density at radius 2 is 1.56 bits per heavy atom. The van der Waals surface area contributed by atoms with Crippen molar-refractivity contribution >= 4 is 29.5 Å². The van der Waals surface area contributed by atoms with Gasteiger partial charge in [-0.3, -0.25) is 24.0 Å². The molecule has 1 aromatic rings. The van der Waals surface area contributed by atoms with E-state index >= 15 is 0 Å². The zero-order valence-electron chi connectivity index (χ0n) is 23.5. The largest absolute Gasteiger partial charge is 0.350 e. The Kier molecular flexibility index (Phi) is 10.9. The van der Waals surface area contributed by atoms with Gasteiger partial charge in [-0.1, -0.05) is 57.5 Å². The Morgan fingerprint density at radius 3 is 2.15 bits per heavy atom. The van der Waals surface area contributed by atoms with Crippen molar-refractivity contribution in [3.8, 4) is 0 Å². The molecule has 5 amide bonds. The SMILES string of the molecule is CC[C@H]1CN(C(=O)C2CCC2)CC(=O)N[C@H](C)C(=O)N[C@@H](CC(C)C)C(=O)N[C@@H](Cc2ccccc2)C(=O)N1. The van der Waals surface area contributed by atoms with Gasteiger partial charge in [-0.05, 0) is 44.1 Å². The minimum atomic E-state index is -0.910. The summed E-state index contributed by atoms with van der Waals surface area (Å²) >= 11 is 0. The fraction of sp³-hybridized carbons (Fsp3) is 0.621. The van der Waals surface area contributed by atoms with Crippen molar-refractivity contribution in [1.82, 2.24) is 26.2 Å². The first-order valence-corrected chi connectivity index (χ1v) is 14.1. The van der Waals surface area contributed by atoms with Crippen molar-refractivity contribution in [3.63, 3.8) is 0 Å². The van der Waals surface area contributed by atoms with Gasteiger partial charge in [-0.15, -0.1) is 0 Å². The van der Waals surface area contributed by atoms with Crippen molar-refractivity contribution in [2.24, 2.45) is 11.8 Å². The van der Waals surface area contributed by atoms with Crippen LogP contribution in [0.25, 0.3) is 0 Å². The maximum Gasteiger partial charge on any atom is 0.243 e. The van der Waals surface area contributed by atoms with Gasteiger partial charge in [0, 0.05) is 24.9 Å². The Hall–Kier alpha value is -3.43. The number of carbonyl (C=O) groups is 5. The number of hydrogen-bond acceptors (Lipinski definition) is 5. The van der Waals surface area contributed by atoms with E-state index < -0.39 is 41.9 Å². The van der Waals surface area contributed by atoms with Crippen molar-refractivity contribution in [1.29, 1.82) is 0 Å². The van der Waals surface area contributed by atoms with E-state index in [0.717, 1.165) is 24.8 Å². The molecule has 1 saturated carbocycles. The first-order chi connectivity index (χ1) is 18.6. The summed E-state index contributed by atoms with van der Waals surface area (Å²) in [5, 5.41) is 11.3. The normalized spacial score (nSPS) is 25.9. The first kappa shape index (κ1) is 30.1. The lowest BCUT2D eigenvalue weighted by molar-refractivity contribution is -0.142. The van der Waals surface area contributed by atoms with E-state index in [9.17, 15) is 24.0 Å². The highest BCUT2D eigenvalue weighted by molar-refractivity contribution is 5.95. The minimum absolute atomic E-state index is 0.0879. The Labute approximate surface area is 231 Å². The second kappa shape index (κ2) is 14.1. The van der Waals surface area contributed by atoms with E-state index in [-0.39, 0.29) is 43.2 Å². The number of benzene rings is 1. The number of amides is 5. The van der Waals surface area contributed by atoms with Gasteiger partial charge in [0.2, 0.25) is 29.5 Å². The molecule has 0 aromatic heterocycles. The third-order valence-electron chi connectivity index (χ3n) is 7.41. The summed E-state index contributed by atoms with van der Waals surface area (Å²) in [5.41, 5.74) is 0.874. The van der Waals surface area contributed by atoms with Crippen LogP contribution in [-0.2, 0) is 30.4 Å². The highest BCUT2D eigenvalue weighted by Crippen LogP contribution is 2.28. The molecule has 2 aliphatic rings. The molecule has 3 rings (SSSR count). The minimum Gasteiger partial charge on any atom is -0.350 e. The van der Waals surface area contributed by atoms with Gasteiger partial charge in [-0.25, -0.2) is 0 Å². The fourth-order valence-electron chi connectivity index (χ4n) is 4.85. The van der Waals surface area contributed by atoms with E-state index in [1.165, 1.54) is 4.90 Å². The molecule has 1 saturated heterocycles. The van der Waals surface area contributed by atoms with Crippen LogP contribution in [0.15, 0.2) is 30.3 Å². The molecular weight excluding hydrogens is 498 g/mol. The van der Waals surface area contributed by atoms with Crippen LogP contribution in [0, 0.1) is 11.8 Å². The number of nitrogens with zero attached hydrogens (tertiary/aromatic N) is 1. The van der Waals surface area contributed by atoms with Crippen molar-refractivity contribution in [3.05, 3.63) is 35.9 Å². The maximum absolute atomic E-state index is 13.6.